The predicted molar refractivity (Wildman–Crippen MR) is 80.6 cm³/mol. The highest BCUT2D eigenvalue weighted by atomic mass is 32.2. The van der Waals surface area contributed by atoms with Gasteiger partial charge in [0.05, 0.1) is 0 Å². The Hall–Kier alpha value is -0.210. The van der Waals surface area contributed by atoms with Crippen molar-refractivity contribution in [3.63, 3.8) is 0 Å². The van der Waals surface area contributed by atoms with Crippen molar-refractivity contribution in [2.24, 2.45) is 5.73 Å². The fraction of sp³-hybridized carbons (Fsp3) is 1.00. The van der Waals surface area contributed by atoms with Gasteiger partial charge in [0.1, 0.15) is 0 Å². The molecule has 2 unspecified atom stereocenters. The Kier molecular flexibility index (Phi) is 5.42. The average Bonchev–Trinajstić information content (AvgIpc) is 2.47. The summed E-state index contributed by atoms with van der Waals surface area (Å²) in [6.45, 7) is 8.12. The van der Waals surface area contributed by atoms with E-state index in [0.717, 1.165) is 32.4 Å². The largest absolute Gasteiger partial charge is 0.329 e. The molecule has 20 heavy (non-hydrogen) atoms. The van der Waals surface area contributed by atoms with Crippen LogP contribution in [-0.2, 0) is 10.2 Å². The van der Waals surface area contributed by atoms with Gasteiger partial charge in [-0.05, 0) is 26.7 Å². The van der Waals surface area contributed by atoms with Crippen molar-refractivity contribution in [1.82, 2.24) is 13.5 Å². The Morgan fingerprint density at radius 2 is 1.80 bits per heavy atom. The minimum atomic E-state index is -3.28. The molecule has 0 saturated carbocycles. The molecule has 7 heteroatoms. The van der Waals surface area contributed by atoms with Gasteiger partial charge in [-0.2, -0.15) is 17.0 Å². The molecule has 0 bridgehead atoms. The summed E-state index contributed by atoms with van der Waals surface area (Å²) in [6, 6.07) is 0.462. The summed E-state index contributed by atoms with van der Waals surface area (Å²) in [5.41, 5.74) is 5.68. The first kappa shape index (κ1) is 16.2. The zero-order chi connectivity index (χ0) is 14.8. The summed E-state index contributed by atoms with van der Waals surface area (Å²) >= 11 is 0. The second kappa shape index (κ2) is 6.70. The molecule has 0 aromatic heterocycles. The Balaban J connectivity index is 1.98. The summed E-state index contributed by atoms with van der Waals surface area (Å²) in [6.07, 6.45) is 3.09. The Labute approximate surface area is 123 Å². The van der Waals surface area contributed by atoms with Crippen LogP contribution in [0.2, 0.25) is 0 Å². The highest BCUT2D eigenvalue weighted by Crippen LogP contribution is 2.23. The highest BCUT2D eigenvalue weighted by molar-refractivity contribution is 7.86. The van der Waals surface area contributed by atoms with Gasteiger partial charge in [-0.3, -0.25) is 4.90 Å². The third kappa shape index (κ3) is 3.33. The molecule has 6 nitrogen and oxygen atoms in total. The quantitative estimate of drug-likeness (QED) is 0.798. The van der Waals surface area contributed by atoms with Crippen LogP contribution in [0.3, 0.4) is 0 Å². The summed E-state index contributed by atoms with van der Waals surface area (Å²) in [5, 5.41) is 0. The van der Waals surface area contributed by atoms with Crippen LogP contribution in [0.25, 0.3) is 0 Å². The van der Waals surface area contributed by atoms with E-state index in [9.17, 15) is 8.42 Å². The number of piperidine rings is 1. The minimum absolute atomic E-state index is 0.134. The lowest BCUT2D eigenvalue weighted by Crippen LogP contribution is -2.57. The smallest absolute Gasteiger partial charge is 0.282 e. The first-order chi connectivity index (χ1) is 9.46. The number of nitrogens with zero attached hydrogens (tertiary/aromatic N) is 3. The number of piperazine rings is 1. The fourth-order valence-corrected chi connectivity index (χ4v) is 4.93. The molecule has 0 aromatic carbocycles. The predicted octanol–water partition coefficient (Wildman–Crippen LogP) is 0.0704. The van der Waals surface area contributed by atoms with Crippen LogP contribution in [0.1, 0.15) is 33.1 Å². The van der Waals surface area contributed by atoms with Crippen LogP contribution < -0.4 is 5.73 Å². The van der Waals surface area contributed by atoms with Gasteiger partial charge in [0.15, 0.2) is 0 Å². The zero-order valence-electron chi connectivity index (χ0n) is 12.7. The maximum atomic E-state index is 12.7. The number of hydrogen-bond donors (Lipinski definition) is 1. The number of rotatable bonds is 4. The van der Waals surface area contributed by atoms with Crippen molar-refractivity contribution in [3.05, 3.63) is 0 Å². The van der Waals surface area contributed by atoms with Crippen LogP contribution in [0.5, 0.6) is 0 Å². The number of nitrogens with two attached hydrogens (primary N) is 1. The van der Waals surface area contributed by atoms with Crippen LogP contribution in [0, 0.1) is 0 Å². The molecule has 2 saturated heterocycles. The topological polar surface area (TPSA) is 69.9 Å². The van der Waals surface area contributed by atoms with Gasteiger partial charge in [0.25, 0.3) is 10.2 Å². The summed E-state index contributed by atoms with van der Waals surface area (Å²) in [4.78, 5) is 2.27. The van der Waals surface area contributed by atoms with E-state index in [0.29, 0.717) is 32.2 Å². The van der Waals surface area contributed by atoms with Crippen LogP contribution >= 0.6 is 0 Å². The highest BCUT2D eigenvalue weighted by Gasteiger charge is 2.36. The van der Waals surface area contributed by atoms with Crippen LogP contribution in [-0.4, -0.2) is 73.3 Å². The molecule has 2 heterocycles. The molecule has 0 aliphatic carbocycles. The molecule has 0 radical (unpaired) electrons. The Morgan fingerprint density at radius 3 is 2.35 bits per heavy atom. The standard InChI is InChI=1S/C13H28N4O2S/c1-12-5-3-4-6-17(12)20(18,19)16-9-7-15(8-10-16)13(2)11-14/h12-13H,3-11,14H2,1-2H3. The van der Waals surface area contributed by atoms with Gasteiger partial charge in [-0.25, -0.2) is 0 Å². The van der Waals surface area contributed by atoms with Gasteiger partial charge in [-0.1, -0.05) is 6.42 Å². The second-order valence-corrected chi connectivity index (χ2v) is 7.86. The monoisotopic (exact) mass is 304 g/mol. The second-order valence-electron chi connectivity index (χ2n) is 5.98. The van der Waals surface area contributed by atoms with Gasteiger partial charge in [0.2, 0.25) is 0 Å². The van der Waals surface area contributed by atoms with E-state index in [1.807, 2.05) is 6.92 Å². The maximum absolute atomic E-state index is 12.7. The minimum Gasteiger partial charge on any atom is -0.329 e. The molecule has 0 amide bonds. The SMILES string of the molecule is CC(CN)N1CCN(S(=O)(=O)N2CCCCC2C)CC1. The first-order valence-corrected chi connectivity index (χ1v) is 9.07. The lowest BCUT2D eigenvalue weighted by Gasteiger charge is -2.41. The van der Waals surface area contributed by atoms with Gasteiger partial charge >= 0.3 is 0 Å². The zero-order valence-corrected chi connectivity index (χ0v) is 13.5. The van der Waals surface area contributed by atoms with E-state index >= 15 is 0 Å². The molecule has 0 aromatic rings. The summed E-state index contributed by atoms with van der Waals surface area (Å²) in [5.74, 6) is 0. The number of hydrogen-bond acceptors (Lipinski definition) is 4. The molecule has 2 aliphatic rings. The molecule has 118 valence electrons. The third-order valence-electron chi connectivity index (χ3n) is 4.60. The first-order valence-electron chi connectivity index (χ1n) is 7.68. The van der Waals surface area contributed by atoms with Crippen molar-refractivity contribution in [3.8, 4) is 0 Å². The van der Waals surface area contributed by atoms with E-state index in [1.165, 1.54) is 0 Å². The lowest BCUT2D eigenvalue weighted by molar-refractivity contribution is 0.140. The van der Waals surface area contributed by atoms with Gasteiger partial charge < -0.3 is 5.73 Å². The van der Waals surface area contributed by atoms with Crippen molar-refractivity contribution in [1.29, 1.82) is 0 Å². The molecule has 2 fully saturated rings. The Morgan fingerprint density at radius 1 is 1.15 bits per heavy atom. The van der Waals surface area contributed by atoms with E-state index in [2.05, 4.69) is 11.8 Å². The van der Waals surface area contributed by atoms with Gasteiger partial charge in [-0.15, -0.1) is 0 Å². The van der Waals surface area contributed by atoms with Crippen LogP contribution in [0.4, 0.5) is 0 Å². The van der Waals surface area contributed by atoms with Crippen molar-refractivity contribution in [2.45, 2.75) is 45.2 Å². The van der Waals surface area contributed by atoms with Crippen molar-refractivity contribution in [2.75, 3.05) is 39.3 Å². The molecule has 2 atom stereocenters. The molecular formula is C13H28N4O2S. The lowest BCUT2D eigenvalue weighted by atomic mass is 10.1. The summed E-state index contributed by atoms with van der Waals surface area (Å²) < 4.78 is 28.8. The molecule has 2 aliphatic heterocycles. The van der Waals surface area contributed by atoms with E-state index < -0.39 is 10.2 Å². The Bertz CT molecular complexity index is 407. The van der Waals surface area contributed by atoms with Crippen LogP contribution in [0.15, 0.2) is 0 Å². The van der Waals surface area contributed by atoms with Crippen molar-refractivity contribution < 1.29 is 8.42 Å². The molecule has 0 spiro atoms. The normalized spacial score (nSPS) is 29.4. The van der Waals surface area contributed by atoms with E-state index in [-0.39, 0.29) is 6.04 Å². The summed E-state index contributed by atoms with van der Waals surface area (Å²) in [7, 11) is -3.28. The average molecular weight is 304 g/mol. The molecule has 2 N–H and O–H groups in total. The van der Waals surface area contributed by atoms with Crippen molar-refractivity contribution >= 4 is 10.2 Å². The van der Waals surface area contributed by atoms with E-state index in [1.54, 1.807) is 8.61 Å². The molecular weight excluding hydrogens is 276 g/mol. The third-order valence-corrected chi connectivity index (χ3v) is 6.76. The van der Waals surface area contributed by atoms with E-state index in [4.69, 9.17) is 5.73 Å². The van der Waals surface area contributed by atoms with Gasteiger partial charge in [0, 0.05) is 51.4 Å². The molecule has 2 rings (SSSR count). The maximum Gasteiger partial charge on any atom is 0.282 e. The fourth-order valence-electron chi connectivity index (χ4n) is 3.09.